The summed E-state index contributed by atoms with van der Waals surface area (Å²) in [5, 5.41) is 17.7. The van der Waals surface area contributed by atoms with Crippen molar-refractivity contribution in [3.63, 3.8) is 0 Å². The summed E-state index contributed by atoms with van der Waals surface area (Å²) in [4.78, 5) is 95.4. The van der Waals surface area contributed by atoms with Crippen LogP contribution in [0.25, 0.3) is 5.00 Å². The molecule has 1 unspecified atom stereocenters. The van der Waals surface area contributed by atoms with Crippen molar-refractivity contribution >= 4 is 70.1 Å². The zero-order valence-electron chi connectivity index (χ0n) is 31.5. The number of nitrogens with zero attached hydrogens (tertiary/aromatic N) is 5. The number of halogens is 1. The molecule has 7 rings (SSSR count). The van der Waals surface area contributed by atoms with Crippen LogP contribution in [0.2, 0.25) is 5.02 Å². The van der Waals surface area contributed by atoms with Crippen LogP contribution in [-0.2, 0) is 23.9 Å². The van der Waals surface area contributed by atoms with Gasteiger partial charge in [0.15, 0.2) is 12.4 Å². The van der Waals surface area contributed by atoms with Crippen molar-refractivity contribution in [2.45, 2.75) is 58.0 Å². The highest BCUT2D eigenvalue weighted by Gasteiger charge is 2.46. The number of unbranched alkanes of at least 4 members (excludes halogenated alkanes) is 1. The lowest BCUT2D eigenvalue weighted by molar-refractivity contribution is -0.141. The van der Waals surface area contributed by atoms with Gasteiger partial charge in [-0.15, -0.1) is 21.5 Å². The number of aryl methyl sites for hydroxylation is 1. The summed E-state index contributed by atoms with van der Waals surface area (Å²) in [6.45, 7) is 3.80. The highest BCUT2D eigenvalue weighted by molar-refractivity contribution is 7.17. The normalized spacial score (nSPS) is 17.1. The molecular formula is C39H37ClN8O9S. The first-order chi connectivity index (χ1) is 27.9. The number of benzene rings is 2. The maximum absolute atomic E-state index is 13.6. The Morgan fingerprint density at radius 1 is 0.966 bits per heavy atom. The van der Waals surface area contributed by atoms with Gasteiger partial charge in [0.05, 0.1) is 35.2 Å². The zero-order valence-corrected chi connectivity index (χ0v) is 33.1. The second-order valence-corrected chi connectivity index (χ2v) is 15.1. The third-order valence-electron chi connectivity index (χ3n) is 9.91. The monoisotopic (exact) mass is 828 g/mol. The molecule has 0 bridgehead atoms. The lowest BCUT2D eigenvalue weighted by Crippen LogP contribution is -2.54. The highest BCUT2D eigenvalue weighted by atomic mass is 35.5. The number of amides is 6. The average Bonchev–Trinajstić information content (AvgIpc) is 3.80. The van der Waals surface area contributed by atoms with Crippen molar-refractivity contribution in [2.24, 2.45) is 4.99 Å². The fraction of sp³-hybridized carbons (Fsp3) is 0.333. The van der Waals surface area contributed by atoms with Crippen LogP contribution >= 0.6 is 22.9 Å². The lowest BCUT2D eigenvalue weighted by atomic mass is 9.99. The van der Waals surface area contributed by atoms with Crippen LogP contribution in [-0.4, -0.2) is 99.6 Å². The van der Waals surface area contributed by atoms with Crippen LogP contribution in [0.15, 0.2) is 47.5 Å². The Morgan fingerprint density at radius 3 is 2.43 bits per heavy atom. The van der Waals surface area contributed by atoms with Crippen molar-refractivity contribution in [3.05, 3.63) is 91.8 Å². The molecule has 4 aromatic rings. The van der Waals surface area contributed by atoms with Crippen molar-refractivity contribution in [2.75, 3.05) is 26.8 Å². The second kappa shape index (κ2) is 16.7. The maximum Gasteiger partial charge on any atom is 0.308 e. The molecule has 0 spiro atoms. The molecule has 3 aliphatic rings. The van der Waals surface area contributed by atoms with Gasteiger partial charge in [-0.1, -0.05) is 29.8 Å². The zero-order chi connectivity index (χ0) is 41.2. The van der Waals surface area contributed by atoms with Crippen molar-refractivity contribution in [3.8, 4) is 10.8 Å². The van der Waals surface area contributed by atoms with Crippen molar-refractivity contribution in [1.82, 2.24) is 35.6 Å². The van der Waals surface area contributed by atoms with E-state index < -0.39 is 54.2 Å². The number of nitrogens with one attached hydrogen (secondary N) is 3. The summed E-state index contributed by atoms with van der Waals surface area (Å²) in [6.07, 6.45) is 1.01. The fourth-order valence-corrected chi connectivity index (χ4v) is 8.45. The average molecular weight is 829 g/mol. The number of piperidine rings is 1. The van der Waals surface area contributed by atoms with Crippen LogP contribution in [0.3, 0.4) is 0 Å². The van der Waals surface area contributed by atoms with Gasteiger partial charge in [-0.05, 0) is 62.9 Å². The largest absolute Gasteiger partial charge is 0.483 e. The minimum atomic E-state index is -1.13. The molecule has 5 heterocycles. The van der Waals surface area contributed by atoms with Gasteiger partial charge in [0.1, 0.15) is 28.7 Å². The van der Waals surface area contributed by atoms with E-state index in [1.54, 1.807) is 19.1 Å². The highest BCUT2D eigenvalue weighted by Crippen LogP contribution is 2.40. The molecule has 58 heavy (non-hydrogen) atoms. The molecule has 17 nitrogen and oxygen atoms in total. The van der Waals surface area contributed by atoms with E-state index in [0.717, 1.165) is 10.5 Å². The van der Waals surface area contributed by atoms with Gasteiger partial charge in [-0.3, -0.25) is 53.3 Å². The predicted molar refractivity (Wildman–Crippen MR) is 208 cm³/mol. The number of rotatable bonds is 13. The molecule has 2 aromatic heterocycles. The van der Waals surface area contributed by atoms with E-state index in [0.29, 0.717) is 62.8 Å². The Kier molecular flexibility index (Phi) is 11.5. The van der Waals surface area contributed by atoms with Gasteiger partial charge in [-0.2, -0.15) is 0 Å². The number of aliphatic imine (C=N–C) groups is 1. The number of hydrogen-bond donors (Lipinski definition) is 3. The van der Waals surface area contributed by atoms with Gasteiger partial charge >= 0.3 is 5.97 Å². The Morgan fingerprint density at radius 2 is 1.71 bits per heavy atom. The second-order valence-electron chi connectivity index (χ2n) is 13.7. The quantitative estimate of drug-likeness (QED) is 0.101. The SMILES string of the molecule is COC(=O)C[C@@H]1N=C(c2ccc(Cl)cc2)c2c(sc(C(=O)NCCCCNC(=O)COc3cccc4c3C(=O)N(C3CCC(=O)NC3=O)C4=O)c2C)-n2c(C)nnc21. The van der Waals surface area contributed by atoms with Gasteiger partial charge in [-0.25, -0.2) is 0 Å². The summed E-state index contributed by atoms with van der Waals surface area (Å²) in [5.41, 5.74) is 2.71. The first-order valence-electron chi connectivity index (χ1n) is 18.4. The molecule has 19 heteroatoms. The Labute approximate surface area is 340 Å². The molecule has 3 aliphatic heterocycles. The molecule has 1 fully saturated rings. The first-order valence-corrected chi connectivity index (χ1v) is 19.6. The van der Waals surface area contributed by atoms with Crippen LogP contribution in [0.5, 0.6) is 5.75 Å². The molecule has 3 N–H and O–H groups in total. The number of hydrogen-bond acceptors (Lipinski definition) is 13. The molecule has 0 radical (unpaired) electrons. The van der Waals surface area contributed by atoms with Gasteiger partial charge < -0.3 is 20.1 Å². The number of methoxy groups -OCH3 is 1. The number of carbonyl (C=O) groups excluding carboxylic acids is 7. The molecular weight excluding hydrogens is 792 g/mol. The van der Waals surface area contributed by atoms with E-state index in [1.807, 2.05) is 23.6 Å². The topological polar surface area (TPSA) is 220 Å². The molecule has 0 saturated carbocycles. The van der Waals surface area contributed by atoms with Crippen LogP contribution in [0.1, 0.15) is 96.9 Å². The molecule has 1 saturated heterocycles. The summed E-state index contributed by atoms with van der Waals surface area (Å²) in [7, 11) is 1.31. The summed E-state index contributed by atoms with van der Waals surface area (Å²) >= 11 is 7.47. The predicted octanol–water partition coefficient (Wildman–Crippen LogP) is 3.16. The van der Waals surface area contributed by atoms with Gasteiger partial charge in [0, 0.05) is 35.7 Å². The Balaban J connectivity index is 0.951. The number of ether oxygens (including phenoxy) is 2. The smallest absolute Gasteiger partial charge is 0.308 e. The number of esters is 1. The third kappa shape index (κ3) is 7.71. The molecule has 300 valence electrons. The summed E-state index contributed by atoms with van der Waals surface area (Å²) in [6, 6.07) is 9.73. The lowest BCUT2D eigenvalue weighted by Gasteiger charge is -2.27. The third-order valence-corrected chi connectivity index (χ3v) is 11.4. The molecule has 2 aromatic carbocycles. The summed E-state index contributed by atoms with van der Waals surface area (Å²) < 4.78 is 12.4. The number of carbonyl (C=O) groups is 7. The van der Waals surface area contributed by atoms with Crippen LogP contribution < -0.4 is 20.7 Å². The molecule has 2 atom stereocenters. The van der Waals surface area contributed by atoms with E-state index in [2.05, 4.69) is 26.1 Å². The van der Waals surface area contributed by atoms with E-state index in [4.69, 9.17) is 26.1 Å². The van der Waals surface area contributed by atoms with Gasteiger partial charge in [0.2, 0.25) is 11.8 Å². The van der Waals surface area contributed by atoms with E-state index in [1.165, 1.54) is 36.6 Å². The van der Waals surface area contributed by atoms with Crippen molar-refractivity contribution in [1.29, 1.82) is 0 Å². The minimum Gasteiger partial charge on any atom is -0.483 e. The number of imide groups is 2. The minimum absolute atomic E-state index is 0.00824. The maximum atomic E-state index is 13.6. The number of fused-ring (bicyclic) bond motifs is 4. The Bertz CT molecular complexity index is 2410. The van der Waals surface area contributed by atoms with Crippen LogP contribution in [0, 0.1) is 13.8 Å². The van der Waals surface area contributed by atoms with Crippen LogP contribution in [0.4, 0.5) is 0 Å². The van der Waals surface area contributed by atoms with Crippen molar-refractivity contribution < 1.29 is 43.0 Å². The fourth-order valence-electron chi connectivity index (χ4n) is 7.04. The summed E-state index contributed by atoms with van der Waals surface area (Å²) in [5.74, 6) is -2.80. The molecule has 0 aliphatic carbocycles. The number of thiophene rings is 1. The Hall–Kier alpha value is -6.27. The number of aromatic nitrogens is 3. The standard InChI is InChI=1S/C39H37ClN8O9S/c1-19-30-32(21-9-11-22(40)12-10-21)43-24(17-29(51)56-3)34-46-45-20(2)47(34)39(30)58-33(19)36(53)42-16-5-4-15-41-28(50)18-57-26-8-6-7-23-31(26)38(55)48(37(23)54)25-13-14-27(49)44-35(25)52/h6-12,24-25H,4-5,13-18H2,1-3H3,(H,41,50)(H,42,53)(H,44,49,52)/t24-,25?/m0/s1. The molecule has 6 amide bonds. The van der Waals surface area contributed by atoms with E-state index >= 15 is 0 Å². The first kappa shape index (κ1) is 39.9. The van der Waals surface area contributed by atoms with E-state index in [-0.39, 0.29) is 48.6 Å². The van der Waals surface area contributed by atoms with Gasteiger partial charge in [0.25, 0.3) is 23.6 Å². The van der Waals surface area contributed by atoms with E-state index in [9.17, 15) is 33.6 Å².